The maximum absolute atomic E-state index is 13.3. The minimum absolute atomic E-state index is 0.0972. The SMILES string of the molecule is CCOC1CC(N(C)C(=O)c2c(-c3ccccc3Cl)noc2C)C1(C)C. The molecule has 1 amide bonds. The minimum atomic E-state index is -0.105. The molecule has 1 saturated carbocycles. The van der Waals surface area contributed by atoms with Crippen molar-refractivity contribution < 1.29 is 14.1 Å². The second-order valence-corrected chi connectivity index (χ2v) is 7.78. The van der Waals surface area contributed by atoms with Crippen molar-refractivity contribution in [3.8, 4) is 11.3 Å². The van der Waals surface area contributed by atoms with Crippen LogP contribution >= 0.6 is 11.6 Å². The van der Waals surface area contributed by atoms with Gasteiger partial charge >= 0.3 is 0 Å². The van der Waals surface area contributed by atoms with E-state index in [9.17, 15) is 4.79 Å². The highest BCUT2D eigenvalue weighted by molar-refractivity contribution is 6.33. The second kappa shape index (κ2) is 7.05. The Kier molecular flexibility index (Phi) is 5.13. The third-order valence-corrected chi connectivity index (χ3v) is 5.82. The fourth-order valence-corrected chi connectivity index (χ4v) is 4.01. The van der Waals surface area contributed by atoms with Gasteiger partial charge in [0.2, 0.25) is 0 Å². The third kappa shape index (κ3) is 3.03. The van der Waals surface area contributed by atoms with Gasteiger partial charge in [0.25, 0.3) is 5.91 Å². The van der Waals surface area contributed by atoms with Crippen LogP contribution in [0.4, 0.5) is 0 Å². The number of amides is 1. The van der Waals surface area contributed by atoms with Crippen LogP contribution in [0.2, 0.25) is 5.02 Å². The largest absolute Gasteiger partial charge is 0.378 e. The van der Waals surface area contributed by atoms with E-state index < -0.39 is 0 Å². The third-order valence-electron chi connectivity index (χ3n) is 5.49. The molecule has 5 nitrogen and oxygen atoms in total. The lowest BCUT2D eigenvalue weighted by Crippen LogP contribution is -2.62. The van der Waals surface area contributed by atoms with Crippen molar-refractivity contribution in [1.82, 2.24) is 10.1 Å². The molecule has 2 unspecified atom stereocenters. The quantitative estimate of drug-likeness (QED) is 0.766. The zero-order valence-corrected chi connectivity index (χ0v) is 16.6. The smallest absolute Gasteiger partial charge is 0.259 e. The number of benzene rings is 1. The van der Waals surface area contributed by atoms with E-state index in [0.29, 0.717) is 34.2 Å². The summed E-state index contributed by atoms with van der Waals surface area (Å²) in [4.78, 5) is 15.0. The van der Waals surface area contributed by atoms with E-state index in [4.69, 9.17) is 20.9 Å². The molecule has 1 aromatic heterocycles. The van der Waals surface area contributed by atoms with Crippen molar-refractivity contribution in [2.45, 2.75) is 46.3 Å². The molecule has 140 valence electrons. The molecule has 0 aliphatic heterocycles. The number of carbonyl (C=O) groups excluding carboxylic acids is 1. The Morgan fingerprint density at radius 1 is 1.42 bits per heavy atom. The summed E-state index contributed by atoms with van der Waals surface area (Å²) in [6, 6.07) is 7.43. The van der Waals surface area contributed by atoms with Crippen LogP contribution in [0.5, 0.6) is 0 Å². The summed E-state index contributed by atoms with van der Waals surface area (Å²) >= 11 is 6.30. The van der Waals surface area contributed by atoms with Gasteiger partial charge in [-0.25, -0.2) is 0 Å². The lowest BCUT2D eigenvalue weighted by Gasteiger charge is -2.54. The number of aromatic nitrogens is 1. The van der Waals surface area contributed by atoms with Gasteiger partial charge in [-0.2, -0.15) is 0 Å². The van der Waals surface area contributed by atoms with Crippen molar-refractivity contribution in [1.29, 1.82) is 0 Å². The molecule has 6 heteroatoms. The molecule has 2 atom stereocenters. The van der Waals surface area contributed by atoms with Crippen LogP contribution in [0, 0.1) is 12.3 Å². The Balaban J connectivity index is 1.90. The standard InChI is InChI=1S/C20H25ClN2O3/c1-6-25-16-11-15(20(16,3)4)23(5)19(24)17-12(2)26-22-18(17)13-9-7-8-10-14(13)21/h7-10,15-16H,6,11H2,1-5H3. The first kappa shape index (κ1) is 18.9. The summed E-state index contributed by atoms with van der Waals surface area (Å²) in [5.74, 6) is 0.391. The molecule has 1 aromatic carbocycles. The van der Waals surface area contributed by atoms with Gasteiger partial charge in [0.05, 0.1) is 11.1 Å². The predicted octanol–water partition coefficient (Wildman–Crippen LogP) is 4.58. The van der Waals surface area contributed by atoms with Crippen LogP contribution in [-0.2, 0) is 4.74 Å². The maximum Gasteiger partial charge on any atom is 0.259 e. The van der Waals surface area contributed by atoms with Gasteiger partial charge in [0.15, 0.2) is 0 Å². The molecular formula is C20H25ClN2O3. The van der Waals surface area contributed by atoms with E-state index in [0.717, 1.165) is 6.42 Å². The maximum atomic E-state index is 13.3. The Morgan fingerprint density at radius 3 is 2.73 bits per heavy atom. The normalized spacial score (nSPS) is 21.3. The van der Waals surface area contributed by atoms with Gasteiger partial charge < -0.3 is 14.2 Å². The van der Waals surface area contributed by atoms with Gasteiger partial charge in [0.1, 0.15) is 17.0 Å². The summed E-state index contributed by atoms with van der Waals surface area (Å²) in [6.07, 6.45) is 0.994. The fourth-order valence-electron chi connectivity index (χ4n) is 3.78. The molecule has 3 rings (SSSR count). The molecule has 1 aliphatic rings. The van der Waals surface area contributed by atoms with Crippen LogP contribution in [-0.4, -0.2) is 41.8 Å². The van der Waals surface area contributed by atoms with E-state index in [1.54, 1.807) is 17.9 Å². The van der Waals surface area contributed by atoms with Gasteiger partial charge in [-0.05, 0) is 26.3 Å². The van der Waals surface area contributed by atoms with Gasteiger partial charge in [-0.3, -0.25) is 4.79 Å². The molecular weight excluding hydrogens is 352 g/mol. The fraction of sp³-hybridized carbons (Fsp3) is 0.500. The van der Waals surface area contributed by atoms with Crippen LogP contribution in [0.25, 0.3) is 11.3 Å². The molecule has 0 bridgehead atoms. The number of hydrogen-bond acceptors (Lipinski definition) is 4. The topological polar surface area (TPSA) is 55.6 Å². The molecule has 0 radical (unpaired) electrons. The number of rotatable bonds is 5. The van der Waals surface area contributed by atoms with Crippen LogP contribution in [0.15, 0.2) is 28.8 Å². The van der Waals surface area contributed by atoms with E-state index in [1.807, 2.05) is 32.2 Å². The lowest BCUT2D eigenvalue weighted by molar-refractivity contribution is -0.136. The molecule has 26 heavy (non-hydrogen) atoms. The highest BCUT2D eigenvalue weighted by Crippen LogP contribution is 2.46. The van der Waals surface area contributed by atoms with E-state index in [2.05, 4.69) is 19.0 Å². The van der Waals surface area contributed by atoms with Crippen molar-refractivity contribution in [2.75, 3.05) is 13.7 Å². The molecule has 0 spiro atoms. The summed E-state index contributed by atoms with van der Waals surface area (Å²) < 4.78 is 11.1. The highest BCUT2D eigenvalue weighted by atomic mass is 35.5. The molecule has 0 saturated heterocycles. The number of carbonyl (C=O) groups is 1. The summed E-state index contributed by atoms with van der Waals surface area (Å²) in [6.45, 7) is 8.71. The van der Waals surface area contributed by atoms with Gasteiger partial charge in [-0.1, -0.05) is 48.8 Å². The Labute approximate surface area is 159 Å². The van der Waals surface area contributed by atoms with Crippen molar-refractivity contribution in [3.63, 3.8) is 0 Å². The molecule has 1 fully saturated rings. The molecule has 0 N–H and O–H groups in total. The number of halogens is 1. The first-order valence-corrected chi connectivity index (χ1v) is 9.26. The monoisotopic (exact) mass is 376 g/mol. The van der Waals surface area contributed by atoms with Crippen LogP contribution in [0.1, 0.15) is 43.3 Å². The molecule has 1 heterocycles. The first-order chi connectivity index (χ1) is 12.3. The van der Waals surface area contributed by atoms with Crippen molar-refractivity contribution in [2.24, 2.45) is 5.41 Å². The van der Waals surface area contributed by atoms with E-state index in [1.165, 1.54) is 0 Å². The Bertz CT molecular complexity index is 815. The molecule has 2 aromatic rings. The van der Waals surface area contributed by atoms with Gasteiger partial charge in [0, 0.05) is 30.7 Å². The van der Waals surface area contributed by atoms with E-state index >= 15 is 0 Å². The number of aryl methyl sites for hydroxylation is 1. The predicted molar refractivity (Wildman–Crippen MR) is 101 cm³/mol. The van der Waals surface area contributed by atoms with Gasteiger partial charge in [-0.15, -0.1) is 0 Å². The minimum Gasteiger partial charge on any atom is -0.378 e. The zero-order valence-electron chi connectivity index (χ0n) is 15.9. The lowest BCUT2D eigenvalue weighted by atomic mass is 9.63. The Hall–Kier alpha value is -1.85. The van der Waals surface area contributed by atoms with Crippen molar-refractivity contribution >= 4 is 17.5 Å². The second-order valence-electron chi connectivity index (χ2n) is 7.38. The summed E-state index contributed by atoms with van der Waals surface area (Å²) in [7, 11) is 1.83. The average molecular weight is 377 g/mol. The summed E-state index contributed by atoms with van der Waals surface area (Å²) in [5, 5.41) is 4.64. The van der Waals surface area contributed by atoms with Crippen LogP contribution in [0.3, 0.4) is 0 Å². The van der Waals surface area contributed by atoms with Crippen LogP contribution < -0.4 is 0 Å². The number of hydrogen-bond donors (Lipinski definition) is 0. The van der Waals surface area contributed by atoms with Crippen molar-refractivity contribution in [3.05, 3.63) is 40.6 Å². The average Bonchev–Trinajstić information content (AvgIpc) is 2.98. The number of nitrogens with zero attached hydrogens (tertiary/aromatic N) is 2. The zero-order chi connectivity index (χ0) is 19.1. The summed E-state index contributed by atoms with van der Waals surface area (Å²) in [5.41, 5.74) is 1.55. The van der Waals surface area contributed by atoms with E-state index in [-0.39, 0.29) is 23.5 Å². The number of ether oxygens (including phenoxy) is 1. The first-order valence-electron chi connectivity index (χ1n) is 8.89. The highest BCUT2D eigenvalue weighted by Gasteiger charge is 2.52. The molecule has 1 aliphatic carbocycles. The Morgan fingerprint density at radius 2 is 2.12 bits per heavy atom.